The van der Waals surface area contributed by atoms with Crippen molar-refractivity contribution in [3.8, 4) is 17.3 Å². The average molecular weight is 299 g/mol. The summed E-state index contributed by atoms with van der Waals surface area (Å²) in [5.74, 6) is 1.62. The lowest BCUT2D eigenvalue weighted by molar-refractivity contribution is 0.326. The summed E-state index contributed by atoms with van der Waals surface area (Å²) in [6, 6.07) is 3.97. The van der Waals surface area contributed by atoms with Crippen molar-refractivity contribution in [3.63, 3.8) is 0 Å². The van der Waals surface area contributed by atoms with E-state index in [9.17, 15) is 0 Å². The van der Waals surface area contributed by atoms with Crippen LogP contribution >= 0.6 is 12.4 Å². The molecule has 20 heavy (non-hydrogen) atoms. The molecule has 0 saturated heterocycles. The molecule has 0 aliphatic rings. The van der Waals surface area contributed by atoms with Gasteiger partial charge in [0.2, 0.25) is 5.88 Å². The first-order chi connectivity index (χ1) is 9.24. The summed E-state index contributed by atoms with van der Waals surface area (Å²) in [5.41, 5.74) is 0.722. The number of hydrogen-bond acceptors (Lipinski definition) is 6. The van der Waals surface area contributed by atoms with E-state index in [4.69, 9.17) is 9.26 Å². The summed E-state index contributed by atoms with van der Waals surface area (Å²) < 4.78 is 10.7. The zero-order valence-corrected chi connectivity index (χ0v) is 12.6. The van der Waals surface area contributed by atoms with Gasteiger partial charge < -0.3 is 14.6 Å². The normalized spacial score (nSPS) is 11.8. The number of pyridine rings is 1. The Bertz CT molecular complexity index is 533. The fourth-order valence-electron chi connectivity index (χ4n) is 1.63. The fourth-order valence-corrected chi connectivity index (χ4v) is 1.63. The maximum Gasteiger partial charge on any atom is 0.263 e. The Hall–Kier alpha value is -1.66. The standard InChI is InChI=1S/C13H18N4O2.ClH/c1-4-18-12-10(6-5-7-15-12)13-16-11(17-19-13)8-9(2)14-3;/h5-7,9,14H,4,8H2,1-3H3;1H. The van der Waals surface area contributed by atoms with Crippen LogP contribution in [0.15, 0.2) is 22.9 Å². The Morgan fingerprint density at radius 3 is 2.95 bits per heavy atom. The van der Waals surface area contributed by atoms with Gasteiger partial charge in [0.25, 0.3) is 5.89 Å². The summed E-state index contributed by atoms with van der Waals surface area (Å²) >= 11 is 0. The van der Waals surface area contributed by atoms with E-state index >= 15 is 0 Å². The number of nitrogens with zero attached hydrogens (tertiary/aromatic N) is 3. The van der Waals surface area contributed by atoms with Gasteiger partial charge >= 0.3 is 0 Å². The quantitative estimate of drug-likeness (QED) is 0.880. The van der Waals surface area contributed by atoms with E-state index in [2.05, 4.69) is 27.4 Å². The molecule has 2 aromatic rings. The lowest BCUT2D eigenvalue weighted by Crippen LogP contribution is -2.24. The Balaban J connectivity index is 0.00000200. The van der Waals surface area contributed by atoms with Crippen molar-refractivity contribution in [2.45, 2.75) is 26.3 Å². The highest BCUT2D eigenvalue weighted by Crippen LogP contribution is 2.26. The first-order valence-corrected chi connectivity index (χ1v) is 6.32. The van der Waals surface area contributed by atoms with Gasteiger partial charge in [-0.2, -0.15) is 4.98 Å². The van der Waals surface area contributed by atoms with Crippen molar-refractivity contribution in [2.75, 3.05) is 13.7 Å². The molecule has 0 bridgehead atoms. The minimum absolute atomic E-state index is 0. The summed E-state index contributed by atoms with van der Waals surface area (Å²) in [5, 5.41) is 7.11. The highest BCUT2D eigenvalue weighted by molar-refractivity contribution is 5.85. The second kappa shape index (κ2) is 7.81. The van der Waals surface area contributed by atoms with Crippen LogP contribution in [0.2, 0.25) is 0 Å². The Morgan fingerprint density at radius 1 is 1.45 bits per heavy atom. The Labute approximate surface area is 124 Å². The molecule has 0 aliphatic carbocycles. The monoisotopic (exact) mass is 298 g/mol. The molecule has 0 aliphatic heterocycles. The third kappa shape index (κ3) is 3.91. The first-order valence-electron chi connectivity index (χ1n) is 6.32. The molecule has 110 valence electrons. The second-order valence-corrected chi connectivity index (χ2v) is 4.20. The third-order valence-corrected chi connectivity index (χ3v) is 2.73. The van der Waals surface area contributed by atoms with Gasteiger partial charge in [0.15, 0.2) is 5.82 Å². The molecule has 7 heteroatoms. The van der Waals surface area contributed by atoms with Crippen LogP contribution in [-0.4, -0.2) is 34.8 Å². The van der Waals surface area contributed by atoms with Gasteiger partial charge in [-0.05, 0) is 33.0 Å². The molecular formula is C13H19ClN4O2. The lowest BCUT2D eigenvalue weighted by Gasteiger charge is -2.05. The maximum absolute atomic E-state index is 5.45. The van der Waals surface area contributed by atoms with E-state index in [0.717, 1.165) is 5.56 Å². The summed E-state index contributed by atoms with van der Waals surface area (Å²) in [6.45, 7) is 4.51. The number of likely N-dealkylation sites (N-methyl/N-ethyl adjacent to an activating group) is 1. The van der Waals surface area contributed by atoms with Crippen LogP contribution < -0.4 is 10.1 Å². The van der Waals surface area contributed by atoms with Crippen LogP contribution in [-0.2, 0) is 6.42 Å². The number of hydrogen-bond donors (Lipinski definition) is 1. The van der Waals surface area contributed by atoms with Crippen molar-refractivity contribution >= 4 is 12.4 Å². The van der Waals surface area contributed by atoms with E-state index < -0.39 is 0 Å². The smallest absolute Gasteiger partial charge is 0.263 e. The molecule has 0 aromatic carbocycles. The Morgan fingerprint density at radius 2 is 2.25 bits per heavy atom. The SMILES string of the molecule is CCOc1ncccc1-c1nc(CC(C)NC)no1.Cl. The van der Waals surface area contributed by atoms with Gasteiger partial charge in [-0.25, -0.2) is 4.98 Å². The van der Waals surface area contributed by atoms with Crippen LogP contribution in [0.3, 0.4) is 0 Å². The lowest BCUT2D eigenvalue weighted by atomic mass is 10.2. The van der Waals surface area contributed by atoms with Gasteiger partial charge in [-0.15, -0.1) is 12.4 Å². The van der Waals surface area contributed by atoms with Crippen molar-refractivity contribution in [2.24, 2.45) is 0 Å². The minimum atomic E-state index is 0. The molecule has 0 saturated carbocycles. The summed E-state index contributed by atoms with van der Waals surface area (Å²) in [4.78, 5) is 8.54. The molecule has 0 amide bonds. The average Bonchev–Trinajstić information content (AvgIpc) is 2.88. The molecule has 2 rings (SSSR count). The maximum atomic E-state index is 5.45. The molecule has 1 atom stereocenters. The third-order valence-electron chi connectivity index (χ3n) is 2.73. The van der Waals surface area contributed by atoms with E-state index in [1.54, 1.807) is 6.20 Å². The number of rotatable bonds is 6. The van der Waals surface area contributed by atoms with E-state index in [-0.39, 0.29) is 12.4 Å². The first kappa shape index (κ1) is 16.4. The van der Waals surface area contributed by atoms with Gasteiger partial charge in [0, 0.05) is 18.7 Å². The predicted octanol–water partition coefficient (Wildman–Crippen LogP) is 2.10. The molecule has 2 aromatic heterocycles. The van der Waals surface area contributed by atoms with Crippen molar-refractivity contribution in [1.82, 2.24) is 20.4 Å². The zero-order chi connectivity index (χ0) is 13.7. The summed E-state index contributed by atoms with van der Waals surface area (Å²) in [6.07, 6.45) is 2.39. The molecule has 2 heterocycles. The van der Waals surface area contributed by atoms with Gasteiger partial charge in [-0.3, -0.25) is 0 Å². The number of aromatic nitrogens is 3. The molecular weight excluding hydrogens is 280 g/mol. The number of ether oxygens (including phenoxy) is 1. The number of halogens is 1. The van der Waals surface area contributed by atoms with Crippen LogP contribution in [0.5, 0.6) is 5.88 Å². The highest BCUT2D eigenvalue weighted by atomic mass is 35.5. The van der Waals surface area contributed by atoms with Crippen LogP contribution in [0.4, 0.5) is 0 Å². The predicted molar refractivity (Wildman–Crippen MR) is 78.2 cm³/mol. The van der Waals surface area contributed by atoms with Gasteiger partial charge in [0.05, 0.1) is 6.61 Å². The van der Waals surface area contributed by atoms with Crippen LogP contribution in [0.1, 0.15) is 19.7 Å². The fraction of sp³-hybridized carbons (Fsp3) is 0.462. The largest absolute Gasteiger partial charge is 0.477 e. The van der Waals surface area contributed by atoms with Crippen molar-refractivity contribution in [1.29, 1.82) is 0 Å². The van der Waals surface area contributed by atoms with Crippen LogP contribution in [0.25, 0.3) is 11.5 Å². The van der Waals surface area contributed by atoms with E-state index in [0.29, 0.717) is 36.7 Å². The molecule has 0 spiro atoms. The molecule has 0 fully saturated rings. The molecule has 0 radical (unpaired) electrons. The molecule has 1 N–H and O–H groups in total. The zero-order valence-electron chi connectivity index (χ0n) is 11.8. The number of nitrogens with one attached hydrogen (secondary N) is 1. The Kier molecular flexibility index (Phi) is 6.41. The van der Waals surface area contributed by atoms with Gasteiger partial charge in [0.1, 0.15) is 5.56 Å². The summed E-state index contributed by atoms with van der Waals surface area (Å²) in [7, 11) is 1.90. The van der Waals surface area contributed by atoms with Crippen LogP contribution in [0, 0.1) is 0 Å². The second-order valence-electron chi connectivity index (χ2n) is 4.20. The van der Waals surface area contributed by atoms with Gasteiger partial charge in [-0.1, -0.05) is 5.16 Å². The topological polar surface area (TPSA) is 73.1 Å². The van der Waals surface area contributed by atoms with E-state index in [1.165, 1.54) is 0 Å². The molecule has 6 nitrogen and oxygen atoms in total. The highest BCUT2D eigenvalue weighted by Gasteiger charge is 2.15. The molecule has 1 unspecified atom stereocenters. The van der Waals surface area contributed by atoms with E-state index in [1.807, 2.05) is 26.1 Å². The van der Waals surface area contributed by atoms with Crippen molar-refractivity contribution < 1.29 is 9.26 Å². The minimum Gasteiger partial charge on any atom is -0.477 e. The van der Waals surface area contributed by atoms with Crippen molar-refractivity contribution in [3.05, 3.63) is 24.2 Å².